The molecule has 0 saturated heterocycles. The normalized spacial score (nSPS) is 11.1. The van der Waals surface area contributed by atoms with Crippen molar-refractivity contribution in [2.75, 3.05) is 6.61 Å². The van der Waals surface area contributed by atoms with Gasteiger partial charge in [-0.25, -0.2) is 4.79 Å². The SMILES string of the molecule is CCCCCO[P+](=O)C=O. The lowest BCUT2D eigenvalue weighted by atomic mass is 10.3. The molecule has 58 valence electrons. The maximum Gasteiger partial charge on any atom is 0.584 e. The molecule has 0 aliphatic carbocycles. The predicted octanol–water partition coefficient (Wildman–Crippen LogP) is 2.13. The third kappa shape index (κ3) is 5.86. The second-order valence-electron chi connectivity index (χ2n) is 1.93. The van der Waals surface area contributed by atoms with Crippen LogP contribution in [-0.4, -0.2) is 12.6 Å². The summed E-state index contributed by atoms with van der Waals surface area (Å²) < 4.78 is 15.0. The van der Waals surface area contributed by atoms with E-state index in [4.69, 9.17) is 0 Å². The highest BCUT2D eigenvalue weighted by atomic mass is 31.1. The minimum absolute atomic E-state index is 0.335. The lowest BCUT2D eigenvalue weighted by Crippen LogP contribution is -1.85. The Hall–Kier alpha value is -0.270. The van der Waals surface area contributed by atoms with Gasteiger partial charge in [0.15, 0.2) is 0 Å². The molecule has 0 aromatic heterocycles. The Kier molecular flexibility index (Phi) is 6.66. The van der Waals surface area contributed by atoms with Crippen molar-refractivity contribution in [3.63, 3.8) is 0 Å². The summed E-state index contributed by atoms with van der Waals surface area (Å²) in [6.45, 7) is 2.50. The monoisotopic (exact) mass is 163 g/mol. The standard InChI is InChI=1S/C6H12O3P/c1-2-3-4-5-9-10(8)6-7/h6H,2-5H2,1H3/q+1. The number of carbonyl (C=O) groups excluding carboxylic acids is 1. The third-order valence-corrected chi connectivity index (χ3v) is 1.66. The van der Waals surface area contributed by atoms with Gasteiger partial charge in [-0.05, 0) is 11.0 Å². The van der Waals surface area contributed by atoms with E-state index in [2.05, 4.69) is 11.4 Å². The number of hydrogen-bond acceptors (Lipinski definition) is 3. The van der Waals surface area contributed by atoms with Crippen LogP contribution in [0.15, 0.2) is 0 Å². The first-order valence-corrected chi connectivity index (χ1v) is 4.60. The lowest BCUT2D eigenvalue weighted by Gasteiger charge is -1.88. The Morgan fingerprint density at radius 1 is 1.50 bits per heavy atom. The minimum atomic E-state index is -2.03. The molecule has 3 nitrogen and oxygen atoms in total. The van der Waals surface area contributed by atoms with Crippen LogP contribution in [0.5, 0.6) is 0 Å². The van der Waals surface area contributed by atoms with Gasteiger partial charge in [-0.1, -0.05) is 19.8 Å². The van der Waals surface area contributed by atoms with Crippen LogP contribution in [0.3, 0.4) is 0 Å². The zero-order valence-electron chi connectivity index (χ0n) is 6.08. The van der Waals surface area contributed by atoms with E-state index in [-0.39, 0.29) is 0 Å². The molecule has 0 aromatic rings. The molecule has 0 radical (unpaired) electrons. The second-order valence-corrected chi connectivity index (χ2v) is 2.97. The van der Waals surface area contributed by atoms with Gasteiger partial charge in [-0.15, -0.1) is 4.52 Å². The van der Waals surface area contributed by atoms with Gasteiger partial charge in [0, 0.05) is 0 Å². The first-order chi connectivity index (χ1) is 4.81. The molecular formula is C6H12O3P+. The molecule has 0 fully saturated rings. The van der Waals surface area contributed by atoms with Gasteiger partial charge in [0.1, 0.15) is 6.61 Å². The average molecular weight is 163 g/mol. The largest absolute Gasteiger partial charge is 0.584 e. The topological polar surface area (TPSA) is 43.4 Å². The summed E-state index contributed by atoms with van der Waals surface area (Å²) in [5.74, 6) is 0. The highest BCUT2D eigenvalue weighted by molar-refractivity contribution is 7.56. The number of hydrogen-bond donors (Lipinski definition) is 0. The molecule has 0 aromatic carbocycles. The van der Waals surface area contributed by atoms with Crippen LogP contribution in [0.2, 0.25) is 0 Å². The highest BCUT2D eigenvalue weighted by Crippen LogP contribution is 2.16. The summed E-state index contributed by atoms with van der Waals surface area (Å²) in [4.78, 5) is 9.76. The van der Waals surface area contributed by atoms with Crippen LogP contribution in [0.25, 0.3) is 0 Å². The van der Waals surface area contributed by atoms with Gasteiger partial charge in [-0.2, -0.15) is 0 Å². The van der Waals surface area contributed by atoms with Gasteiger partial charge in [0.2, 0.25) is 0 Å². The zero-order chi connectivity index (χ0) is 7.82. The molecule has 0 aliphatic heterocycles. The smallest absolute Gasteiger partial charge is 0.240 e. The molecule has 0 saturated carbocycles. The Morgan fingerprint density at radius 2 is 2.20 bits per heavy atom. The third-order valence-electron chi connectivity index (χ3n) is 1.05. The quantitative estimate of drug-likeness (QED) is 0.342. The van der Waals surface area contributed by atoms with Gasteiger partial charge < -0.3 is 0 Å². The molecule has 1 atom stereocenters. The van der Waals surface area contributed by atoms with E-state index < -0.39 is 8.03 Å². The summed E-state index contributed by atoms with van der Waals surface area (Å²) in [6, 6.07) is 0.335. The molecule has 0 spiro atoms. The second kappa shape index (κ2) is 6.84. The summed E-state index contributed by atoms with van der Waals surface area (Å²) in [5.41, 5.74) is 0. The molecule has 0 heterocycles. The fourth-order valence-corrected chi connectivity index (χ4v) is 0.907. The number of carbonyl (C=O) groups is 1. The zero-order valence-corrected chi connectivity index (χ0v) is 6.97. The van der Waals surface area contributed by atoms with Crippen LogP contribution in [0.4, 0.5) is 0 Å². The Labute approximate surface area is 61.6 Å². The van der Waals surface area contributed by atoms with E-state index in [1.807, 2.05) is 0 Å². The van der Waals surface area contributed by atoms with Crippen molar-refractivity contribution < 1.29 is 13.9 Å². The van der Waals surface area contributed by atoms with Crippen molar-refractivity contribution in [3.05, 3.63) is 0 Å². The average Bonchev–Trinajstić information content (AvgIpc) is 1.98. The van der Waals surface area contributed by atoms with Gasteiger partial charge in [0.05, 0.1) is 0 Å². The molecule has 4 heteroatoms. The van der Waals surface area contributed by atoms with Gasteiger partial charge in [-0.3, -0.25) is 0 Å². The van der Waals surface area contributed by atoms with Crippen molar-refractivity contribution in [2.24, 2.45) is 0 Å². The van der Waals surface area contributed by atoms with Crippen LogP contribution in [0, 0.1) is 0 Å². The summed E-state index contributed by atoms with van der Waals surface area (Å²) in [6.07, 6.45) is 3.04. The Balaban J connectivity index is 3.03. The van der Waals surface area contributed by atoms with E-state index in [1.165, 1.54) is 0 Å². The molecular weight excluding hydrogens is 151 g/mol. The maximum atomic E-state index is 10.3. The molecule has 1 unspecified atom stereocenters. The van der Waals surface area contributed by atoms with Crippen LogP contribution >= 0.6 is 8.03 Å². The minimum Gasteiger partial charge on any atom is -0.240 e. The van der Waals surface area contributed by atoms with Crippen molar-refractivity contribution in [1.82, 2.24) is 0 Å². The number of rotatable bonds is 6. The summed E-state index contributed by atoms with van der Waals surface area (Å²) in [5, 5.41) is 0. The molecule has 10 heavy (non-hydrogen) atoms. The first-order valence-electron chi connectivity index (χ1n) is 3.35. The molecule has 0 bridgehead atoms. The van der Waals surface area contributed by atoms with E-state index in [1.54, 1.807) is 0 Å². The van der Waals surface area contributed by atoms with Gasteiger partial charge in [0.25, 0.3) is 0 Å². The van der Waals surface area contributed by atoms with Crippen molar-refractivity contribution >= 4 is 14.1 Å². The van der Waals surface area contributed by atoms with Crippen LogP contribution in [0.1, 0.15) is 26.2 Å². The molecule has 0 aliphatic rings. The predicted molar refractivity (Wildman–Crippen MR) is 39.8 cm³/mol. The fraction of sp³-hybridized carbons (Fsp3) is 0.833. The Bertz CT molecular complexity index is 114. The van der Waals surface area contributed by atoms with E-state index in [0.29, 0.717) is 12.6 Å². The summed E-state index contributed by atoms with van der Waals surface area (Å²) in [7, 11) is -2.03. The highest BCUT2D eigenvalue weighted by Gasteiger charge is 2.13. The van der Waals surface area contributed by atoms with E-state index in [9.17, 15) is 9.36 Å². The molecule has 0 amide bonds. The first kappa shape index (κ1) is 9.73. The maximum absolute atomic E-state index is 10.3. The van der Waals surface area contributed by atoms with Gasteiger partial charge >= 0.3 is 14.1 Å². The summed E-state index contributed by atoms with van der Waals surface area (Å²) >= 11 is 0. The van der Waals surface area contributed by atoms with Crippen molar-refractivity contribution in [1.29, 1.82) is 0 Å². The van der Waals surface area contributed by atoms with Crippen molar-refractivity contribution in [3.8, 4) is 0 Å². The fourth-order valence-electron chi connectivity index (χ4n) is 0.537. The molecule has 0 N–H and O–H groups in total. The molecule has 0 rings (SSSR count). The Morgan fingerprint density at radius 3 is 2.70 bits per heavy atom. The van der Waals surface area contributed by atoms with Crippen LogP contribution < -0.4 is 0 Å². The van der Waals surface area contributed by atoms with E-state index in [0.717, 1.165) is 19.3 Å². The number of unbranched alkanes of at least 4 members (excludes halogenated alkanes) is 2. The van der Waals surface area contributed by atoms with Crippen molar-refractivity contribution in [2.45, 2.75) is 26.2 Å². The van der Waals surface area contributed by atoms with E-state index >= 15 is 0 Å². The lowest BCUT2D eigenvalue weighted by molar-refractivity contribution is 0.323. The van der Waals surface area contributed by atoms with Crippen LogP contribution in [-0.2, 0) is 13.9 Å².